The summed E-state index contributed by atoms with van der Waals surface area (Å²) in [4.78, 5) is 23.2. The summed E-state index contributed by atoms with van der Waals surface area (Å²) < 4.78 is 0. The summed E-state index contributed by atoms with van der Waals surface area (Å²) in [5.41, 5.74) is -0.741. The van der Waals surface area contributed by atoms with Crippen molar-refractivity contribution in [3.05, 3.63) is 0 Å². The van der Waals surface area contributed by atoms with Gasteiger partial charge in [0.1, 0.15) is 0 Å². The van der Waals surface area contributed by atoms with Crippen molar-refractivity contribution >= 4 is 11.9 Å². The van der Waals surface area contributed by atoms with Gasteiger partial charge in [0.05, 0.1) is 5.41 Å². The van der Waals surface area contributed by atoms with Crippen LogP contribution in [0.2, 0.25) is 0 Å². The van der Waals surface area contributed by atoms with E-state index >= 15 is 0 Å². The highest BCUT2D eigenvalue weighted by Gasteiger charge is 2.64. The standard InChI is InChI=1S/C14H21NO3/c1-9(16)15-14-5-10-3-12(2,7-14)6-13(4-10,8-14)11(17)18/h10H,3-8H2,1-2H3,(H,15,16)(H,17,18). The molecule has 4 rings (SSSR count). The second-order valence-electron chi connectivity index (χ2n) is 7.37. The molecule has 0 saturated heterocycles. The molecule has 18 heavy (non-hydrogen) atoms. The van der Waals surface area contributed by atoms with Crippen LogP contribution in [0.25, 0.3) is 0 Å². The maximum absolute atomic E-state index is 11.7. The Labute approximate surface area is 107 Å². The SMILES string of the molecule is CC(=O)NC12CC3CC(C)(C1)CC(C(=O)O)(C3)C2. The van der Waals surface area contributed by atoms with Crippen molar-refractivity contribution < 1.29 is 14.7 Å². The van der Waals surface area contributed by atoms with Crippen molar-refractivity contribution in [1.29, 1.82) is 0 Å². The normalized spacial score (nSPS) is 49.1. The predicted molar refractivity (Wildman–Crippen MR) is 65.9 cm³/mol. The van der Waals surface area contributed by atoms with Gasteiger partial charge in [-0.15, -0.1) is 0 Å². The predicted octanol–water partition coefficient (Wildman–Crippen LogP) is 1.94. The molecule has 0 aromatic rings. The van der Waals surface area contributed by atoms with Gasteiger partial charge in [-0.25, -0.2) is 0 Å². The monoisotopic (exact) mass is 251 g/mol. The van der Waals surface area contributed by atoms with E-state index < -0.39 is 11.4 Å². The van der Waals surface area contributed by atoms with Crippen molar-refractivity contribution in [3.63, 3.8) is 0 Å². The van der Waals surface area contributed by atoms with Gasteiger partial charge in [0.15, 0.2) is 0 Å². The van der Waals surface area contributed by atoms with Crippen LogP contribution in [0.15, 0.2) is 0 Å². The smallest absolute Gasteiger partial charge is 0.309 e. The molecule has 4 fully saturated rings. The Morgan fingerprint density at radius 3 is 2.44 bits per heavy atom. The number of carbonyl (C=O) groups excluding carboxylic acids is 1. The fourth-order valence-electron chi connectivity index (χ4n) is 5.67. The van der Waals surface area contributed by atoms with E-state index in [9.17, 15) is 14.7 Å². The van der Waals surface area contributed by atoms with E-state index in [1.807, 2.05) is 0 Å². The maximum Gasteiger partial charge on any atom is 0.309 e. The highest BCUT2D eigenvalue weighted by atomic mass is 16.4. The van der Waals surface area contributed by atoms with E-state index in [1.165, 1.54) is 6.92 Å². The summed E-state index contributed by atoms with van der Waals surface area (Å²) in [6.45, 7) is 3.74. The molecule has 0 aromatic carbocycles. The van der Waals surface area contributed by atoms with Crippen LogP contribution in [0.4, 0.5) is 0 Å². The molecular weight excluding hydrogens is 230 g/mol. The second-order valence-corrected chi connectivity index (χ2v) is 7.37. The van der Waals surface area contributed by atoms with E-state index in [2.05, 4.69) is 12.2 Å². The molecule has 1 amide bonds. The number of amides is 1. The number of carboxylic acids is 1. The molecule has 0 aromatic heterocycles. The first-order valence-corrected chi connectivity index (χ1v) is 6.79. The summed E-state index contributed by atoms with van der Waals surface area (Å²) in [6.07, 6.45) is 5.26. The quantitative estimate of drug-likeness (QED) is 0.788. The molecule has 4 heteroatoms. The van der Waals surface area contributed by atoms with Crippen molar-refractivity contribution in [1.82, 2.24) is 5.32 Å². The number of carboxylic acid groups (broad SMARTS) is 1. The zero-order valence-electron chi connectivity index (χ0n) is 11.1. The molecule has 4 bridgehead atoms. The summed E-state index contributed by atoms with van der Waals surface area (Å²) >= 11 is 0. The van der Waals surface area contributed by atoms with E-state index in [4.69, 9.17) is 0 Å². The van der Waals surface area contributed by atoms with Gasteiger partial charge in [-0.2, -0.15) is 0 Å². The van der Waals surface area contributed by atoms with Gasteiger partial charge < -0.3 is 10.4 Å². The van der Waals surface area contributed by atoms with Crippen LogP contribution < -0.4 is 5.32 Å². The minimum atomic E-state index is -0.660. The van der Waals surface area contributed by atoms with Crippen LogP contribution in [-0.4, -0.2) is 22.5 Å². The van der Waals surface area contributed by atoms with Gasteiger partial charge in [0, 0.05) is 12.5 Å². The number of hydrogen-bond acceptors (Lipinski definition) is 2. The molecule has 4 aliphatic rings. The highest BCUT2D eigenvalue weighted by Crippen LogP contribution is 2.66. The molecule has 0 aliphatic heterocycles. The van der Waals surface area contributed by atoms with E-state index in [-0.39, 0.29) is 16.9 Å². The Hall–Kier alpha value is -1.06. The number of nitrogens with one attached hydrogen (secondary N) is 1. The van der Waals surface area contributed by atoms with Crippen molar-refractivity contribution in [2.75, 3.05) is 0 Å². The first-order valence-electron chi connectivity index (χ1n) is 6.79. The van der Waals surface area contributed by atoms with Gasteiger partial charge in [0.2, 0.25) is 5.91 Å². The molecule has 4 unspecified atom stereocenters. The molecule has 4 nitrogen and oxygen atoms in total. The van der Waals surface area contributed by atoms with E-state index in [0.717, 1.165) is 32.1 Å². The van der Waals surface area contributed by atoms with Crippen LogP contribution in [0.5, 0.6) is 0 Å². The minimum absolute atomic E-state index is 0.0268. The van der Waals surface area contributed by atoms with Crippen LogP contribution in [0.1, 0.15) is 52.4 Å². The number of aliphatic carboxylic acids is 1. The third-order valence-corrected chi connectivity index (χ3v) is 5.24. The lowest BCUT2D eigenvalue weighted by molar-refractivity contribution is -0.179. The van der Waals surface area contributed by atoms with Gasteiger partial charge in [-0.05, 0) is 49.9 Å². The summed E-state index contributed by atoms with van der Waals surface area (Å²) in [6, 6.07) is 0. The molecule has 0 spiro atoms. The van der Waals surface area contributed by atoms with Gasteiger partial charge in [-0.1, -0.05) is 6.92 Å². The van der Waals surface area contributed by atoms with E-state index in [1.54, 1.807) is 0 Å². The average Bonchev–Trinajstić information content (AvgIpc) is 2.09. The number of rotatable bonds is 2. The number of carbonyl (C=O) groups is 2. The fraction of sp³-hybridized carbons (Fsp3) is 0.857. The van der Waals surface area contributed by atoms with Crippen molar-refractivity contribution in [2.45, 2.75) is 57.9 Å². The van der Waals surface area contributed by atoms with Crippen LogP contribution in [0, 0.1) is 16.7 Å². The fourth-order valence-corrected chi connectivity index (χ4v) is 5.67. The molecule has 4 atom stereocenters. The molecule has 4 aliphatic carbocycles. The Morgan fingerprint density at radius 1 is 1.17 bits per heavy atom. The van der Waals surface area contributed by atoms with Crippen LogP contribution in [-0.2, 0) is 9.59 Å². The Kier molecular flexibility index (Phi) is 2.19. The summed E-state index contributed by atoms with van der Waals surface area (Å²) in [5.74, 6) is -0.220. The zero-order chi connectivity index (χ0) is 13.2. The summed E-state index contributed by atoms with van der Waals surface area (Å²) in [7, 11) is 0. The first kappa shape index (κ1) is 12.0. The largest absolute Gasteiger partial charge is 0.481 e. The maximum atomic E-state index is 11.7. The Morgan fingerprint density at radius 2 is 1.89 bits per heavy atom. The molecule has 4 saturated carbocycles. The Balaban J connectivity index is 2.00. The number of hydrogen-bond donors (Lipinski definition) is 2. The van der Waals surface area contributed by atoms with Gasteiger partial charge in [0.25, 0.3) is 0 Å². The third kappa shape index (κ3) is 1.57. The lowest BCUT2D eigenvalue weighted by Gasteiger charge is -2.64. The highest BCUT2D eigenvalue weighted by molar-refractivity contribution is 5.77. The van der Waals surface area contributed by atoms with Gasteiger partial charge in [-0.3, -0.25) is 9.59 Å². The van der Waals surface area contributed by atoms with E-state index in [0.29, 0.717) is 12.3 Å². The first-order chi connectivity index (χ1) is 8.27. The Bertz CT molecular complexity index is 435. The molecule has 0 heterocycles. The molecule has 2 N–H and O–H groups in total. The lowest BCUT2D eigenvalue weighted by Crippen LogP contribution is -2.67. The minimum Gasteiger partial charge on any atom is -0.481 e. The zero-order valence-corrected chi connectivity index (χ0v) is 11.1. The summed E-state index contributed by atoms with van der Waals surface area (Å²) in [5, 5.41) is 12.7. The van der Waals surface area contributed by atoms with Crippen LogP contribution >= 0.6 is 0 Å². The van der Waals surface area contributed by atoms with Crippen molar-refractivity contribution in [2.24, 2.45) is 16.7 Å². The third-order valence-electron chi connectivity index (χ3n) is 5.24. The molecule has 0 radical (unpaired) electrons. The van der Waals surface area contributed by atoms with Crippen molar-refractivity contribution in [3.8, 4) is 0 Å². The van der Waals surface area contributed by atoms with Gasteiger partial charge >= 0.3 is 5.97 Å². The molecule has 100 valence electrons. The molecular formula is C14H21NO3. The second kappa shape index (κ2) is 3.28. The average molecular weight is 251 g/mol. The lowest BCUT2D eigenvalue weighted by atomic mass is 9.42. The topological polar surface area (TPSA) is 66.4 Å². The van der Waals surface area contributed by atoms with Crippen LogP contribution in [0.3, 0.4) is 0 Å².